The van der Waals surface area contributed by atoms with Gasteiger partial charge in [-0.05, 0) is 18.8 Å². The minimum Gasteiger partial charge on any atom is -0.358 e. The Hall–Kier alpha value is -3.77. The Morgan fingerprint density at radius 2 is 1.93 bits per heavy atom. The topological polar surface area (TPSA) is 108 Å². The number of nitrogens with one attached hydrogen (secondary N) is 1. The number of aryl methyl sites for hydroxylation is 1. The predicted molar refractivity (Wildman–Crippen MR) is 94.6 cm³/mol. The number of nitro groups is 1. The van der Waals surface area contributed by atoms with Gasteiger partial charge in [-0.2, -0.15) is 9.78 Å². The summed E-state index contributed by atoms with van der Waals surface area (Å²) in [6.45, 7) is 2.47. The molecule has 2 aromatic heterocycles. The Morgan fingerprint density at radius 3 is 2.57 bits per heavy atom. The molecule has 0 radical (unpaired) electrons. The Bertz CT molecular complexity index is 1140. The number of nitrogens with zero attached hydrogens (tertiary/aromatic N) is 5. The fourth-order valence-electron chi connectivity index (χ4n) is 2.74. The first-order chi connectivity index (χ1) is 14.1. The van der Waals surface area contributed by atoms with Gasteiger partial charge in [-0.1, -0.05) is 0 Å². The summed E-state index contributed by atoms with van der Waals surface area (Å²) in [5.74, 6) is -7.39. The molecule has 30 heavy (non-hydrogen) atoms. The molecule has 0 saturated heterocycles. The minimum absolute atomic E-state index is 0.148. The van der Waals surface area contributed by atoms with Crippen molar-refractivity contribution in [2.75, 3.05) is 5.32 Å². The number of anilines is 1. The van der Waals surface area contributed by atoms with Gasteiger partial charge in [0.1, 0.15) is 11.9 Å². The zero-order valence-corrected chi connectivity index (χ0v) is 15.6. The number of carbonyl (C=O) groups excluding carboxylic acids is 1. The van der Waals surface area contributed by atoms with Crippen LogP contribution in [0.15, 0.2) is 24.5 Å². The van der Waals surface area contributed by atoms with Crippen LogP contribution in [0.4, 0.5) is 29.1 Å². The van der Waals surface area contributed by atoms with Crippen LogP contribution in [0.5, 0.6) is 0 Å². The summed E-state index contributed by atoms with van der Waals surface area (Å²) in [5.41, 5.74) is -0.193. The standard InChI is InChI=1S/C17H14F4N6O3/c1-8-3-14(27(29)30)24-26(8)9(2)17(28)23-10-5-22-25(6-10)7-11-12(18)4-13(19)16(21)15(11)20/h3-6,9H,7H2,1-2H3,(H,23,28). The summed E-state index contributed by atoms with van der Waals surface area (Å²) in [4.78, 5) is 22.5. The Labute approximate surface area is 166 Å². The zero-order valence-electron chi connectivity index (χ0n) is 15.6. The number of hydrogen-bond acceptors (Lipinski definition) is 5. The van der Waals surface area contributed by atoms with E-state index in [1.165, 1.54) is 30.1 Å². The summed E-state index contributed by atoms with van der Waals surface area (Å²) < 4.78 is 56.1. The lowest BCUT2D eigenvalue weighted by Gasteiger charge is -2.10. The number of halogens is 4. The van der Waals surface area contributed by atoms with E-state index >= 15 is 0 Å². The molecule has 0 aliphatic rings. The van der Waals surface area contributed by atoms with E-state index in [9.17, 15) is 32.5 Å². The molecule has 1 amide bonds. The van der Waals surface area contributed by atoms with Crippen LogP contribution in [-0.2, 0) is 11.3 Å². The average Bonchev–Trinajstić information content (AvgIpc) is 3.29. The summed E-state index contributed by atoms with van der Waals surface area (Å²) in [6.07, 6.45) is 2.40. The van der Waals surface area contributed by atoms with Crippen LogP contribution in [0.25, 0.3) is 0 Å². The molecule has 0 aliphatic heterocycles. The fraction of sp³-hybridized carbons (Fsp3) is 0.235. The second-order valence-electron chi connectivity index (χ2n) is 6.38. The van der Waals surface area contributed by atoms with Gasteiger partial charge in [0, 0.05) is 17.8 Å². The number of amides is 1. The van der Waals surface area contributed by atoms with Crippen LogP contribution in [0.2, 0.25) is 0 Å². The van der Waals surface area contributed by atoms with Gasteiger partial charge in [-0.3, -0.25) is 9.48 Å². The summed E-state index contributed by atoms with van der Waals surface area (Å²) in [7, 11) is 0. The van der Waals surface area contributed by atoms with Gasteiger partial charge in [0.05, 0.1) is 35.3 Å². The monoisotopic (exact) mass is 426 g/mol. The summed E-state index contributed by atoms with van der Waals surface area (Å²) >= 11 is 0. The number of hydrogen-bond donors (Lipinski definition) is 1. The third-order valence-corrected chi connectivity index (χ3v) is 4.27. The van der Waals surface area contributed by atoms with Crippen molar-refractivity contribution in [3.05, 3.63) is 69.2 Å². The molecule has 9 nitrogen and oxygen atoms in total. The van der Waals surface area contributed by atoms with Gasteiger partial charge in [-0.15, -0.1) is 0 Å². The third-order valence-electron chi connectivity index (χ3n) is 4.27. The van der Waals surface area contributed by atoms with Crippen LogP contribution in [-0.4, -0.2) is 30.4 Å². The molecule has 0 spiro atoms. The van der Waals surface area contributed by atoms with Crippen molar-refractivity contribution in [2.45, 2.75) is 26.4 Å². The first-order valence-corrected chi connectivity index (χ1v) is 8.44. The van der Waals surface area contributed by atoms with Gasteiger partial charge >= 0.3 is 5.82 Å². The first-order valence-electron chi connectivity index (χ1n) is 8.44. The van der Waals surface area contributed by atoms with Crippen LogP contribution in [0, 0.1) is 40.3 Å². The number of carbonyl (C=O) groups is 1. The molecule has 1 N–H and O–H groups in total. The van der Waals surface area contributed by atoms with E-state index in [1.807, 2.05) is 0 Å². The van der Waals surface area contributed by atoms with E-state index in [4.69, 9.17) is 0 Å². The van der Waals surface area contributed by atoms with E-state index in [0.717, 1.165) is 4.68 Å². The third kappa shape index (κ3) is 3.99. The van der Waals surface area contributed by atoms with Gasteiger partial charge in [0.25, 0.3) is 5.91 Å². The molecule has 3 rings (SSSR count). The SMILES string of the molecule is Cc1cc([N+](=O)[O-])nn1C(C)C(=O)Nc1cnn(Cc2c(F)cc(F)c(F)c2F)c1. The second-order valence-corrected chi connectivity index (χ2v) is 6.38. The lowest BCUT2D eigenvalue weighted by molar-refractivity contribution is -0.389. The van der Waals surface area contributed by atoms with E-state index in [2.05, 4.69) is 15.5 Å². The minimum atomic E-state index is -1.80. The molecule has 158 valence electrons. The van der Waals surface area contributed by atoms with Crippen LogP contribution < -0.4 is 5.32 Å². The Balaban J connectivity index is 1.74. The van der Waals surface area contributed by atoms with E-state index in [1.54, 1.807) is 6.92 Å². The van der Waals surface area contributed by atoms with Crippen LogP contribution in [0.1, 0.15) is 24.2 Å². The van der Waals surface area contributed by atoms with Gasteiger partial charge < -0.3 is 15.4 Å². The molecule has 0 aliphatic carbocycles. The molecule has 1 aromatic carbocycles. The highest BCUT2D eigenvalue weighted by Crippen LogP contribution is 2.21. The summed E-state index contributed by atoms with van der Waals surface area (Å²) in [6, 6.07) is 0.531. The maximum atomic E-state index is 13.8. The Morgan fingerprint density at radius 1 is 1.23 bits per heavy atom. The van der Waals surface area contributed by atoms with Crippen LogP contribution >= 0.6 is 0 Å². The normalized spacial score (nSPS) is 12.1. The number of rotatable bonds is 6. The lowest BCUT2D eigenvalue weighted by atomic mass is 10.2. The van der Waals surface area contributed by atoms with Gasteiger partial charge in [0.15, 0.2) is 17.5 Å². The largest absolute Gasteiger partial charge is 0.390 e. The fourth-order valence-corrected chi connectivity index (χ4v) is 2.74. The highest BCUT2D eigenvalue weighted by molar-refractivity contribution is 5.93. The molecule has 1 atom stereocenters. The number of benzene rings is 1. The average molecular weight is 426 g/mol. The van der Waals surface area contributed by atoms with Crippen molar-refractivity contribution in [1.29, 1.82) is 0 Å². The van der Waals surface area contributed by atoms with Crippen molar-refractivity contribution in [3.8, 4) is 0 Å². The zero-order chi connectivity index (χ0) is 22.2. The highest BCUT2D eigenvalue weighted by Gasteiger charge is 2.25. The van der Waals surface area contributed by atoms with Crippen molar-refractivity contribution in [1.82, 2.24) is 19.6 Å². The van der Waals surface area contributed by atoms with E-state index in [-0.39, 0.29) is 11.8 Å². The second kappa shape index (κ2) is 7.93. The first kappa shape index (κ1) is 21.0. The molecule has 13 heteroatoms. The van der Waals surface area contributed by atoms with E-state index in [0.29, 0.717) is 5.69 Å². The highest BCUT2D eigenvalue weighted by atomic mass is 19.2. The predicted octanol–water partition coefficient (Wildman–Crippen LogP) is 3.10. The van der Waals surface area contributed by atoms with Gasteiger partial charge in [-0.25, -0.2) is 17.6 Å². The molecular weight excluding hydrogens is 412 g/mol. The molecule has 2 heterocycles. The van der Waals surface area contributed by atoms with Gasteiger partial charge in [0.2, 0.25) is 0 Å². The van der Waals surface area contributed by atoms with Crippen molar-refractivity contribution < 1.29 is 27.3 Å². The molecule has 0 fully saturated rings. The van der Waals surface area contributed by atoms with E-state index < -0.39 is 58.1 Å². The number of aromatic nitrogens is 4. The van der Waals surface area contributed by atoms with Crippen molar-refractivity contribution in [2.24, 2.45) is 0 Å². The van der Waals surface area contributed by atoms with Crippen molar-refractivity contribution in [3.63, 3.8) is 0 Å². The Kier molecular flexibility index (Phi) is 5.54. The molecule has 0 saturated carbocycles. The lowest BCUT2D eigenvalue weighted by Crippen LogP contribution is -2.25. The molecule has 0 bridgehead atoms. The smallest absolute Gasteiger partial charge is 0.358 e. The molecular formula is C17H14F4N6O3. The van der Waals surface area contributed by atoms with Crippen molar-refractivity contribution >= 4 is 17.4 Å². The summed E-state index contributed by atoms with van der Waals surface area (Å²) in [5, 5.41) is 20.9. The molecule has 3 aromatic rings. The quantitative estimate of drug-likeness (QED) is 0.214. The maximum Gasteiger partial charge on any atom is 0.390 e. The van der Waals surface area contributed by atoms with Crippen LogP contribution in [0.3, 0.4) is 0 Å². The molecule has 1 unspecified atom stereocenters. The maximum absolute atomic E-state index is 13.8.